The molecule has 0 saturated carbocycles. The van der Waals surface area contributed by atoms with Gasteiger partial charge in [0, 0.05) is 11.6 Å². The fraction of sp³-hybridized carbons (Fsp3) is 0.0588. The van der Waals surface area contributed by atoms with E-state index in [9.17, 15) is 14.9 Å². The maximum atomic E-state index is 12.7. The maximum absolute atomic E-state index is 12.7. The van der Waals surface area contributed by atoms with Gasteiger partial charge >= 0.3 is 5.69 Å². The van der Waals surface area contributed by atoms with Gasteiger partial charge in [-0.1, -0.05) is 54.3 Å². The predicted octanol–water partition coefficient (Wildman–Crippen LogP) is 4.01. The number of hydrogen-bond acceptors (Lipinski definition) is 6. The van der Waals surface area contributed by atoms with Crippen molar-refractivity contribution in [3.8, 4) is 5.75 Å². The van der Waals surface area contributed by atoms with E-state index < -0.39 is 4.92 Å². The number of nitrogens with zero attached hydrogens (tertiary/aromatic N) is 2. The number of thioether (sulfide) groups is 1. The van der Waals surface area contributed by atoms with Crippen LogP contribution in [0.4, 0.5) is 11.4 Å². The average molecular weight is 372 g/mol. The lowest BCUT2D eigenvalue weighted by molar-refractivity contribution is -0.385. The second-order valence-electron chi connectivity index (χ2n) is 5.01. The van der Waals surface area contributed by atoms with Gasteiger partial charge < -0.3 is 4.74 Å². The Hall–Kier alpha value is -2.71. The highest BCUT2D eigenvalue weighted by Gasteiger charge is 2.33. The van der Waals surface area contributed by atoms with Crippen molar-refractivity contribution in [2.24, 2.45) is 0 Å². The number of hydrogen-bond donors (Lipinski definition) is 0. The van der Waals surface area contributed by atoms with Crippen molar-refractivity contribution < 1.29 is 14.5 Å². The Labute approximate surface area is 153 Å². The van der Waals surface area contributed by atoms with E-state index in [1.54, 1.807) is 30.3 Å². The highest BCUT2D eigenvalue weighted by atomic mass is 32.2. The van der Waals surface area contributed by atoms with Gasteiger partial charge in [-0.15, -0.1) is 0 Å². The molecule has 8 heteroatoms. The van der Waals surface area contributed by atoms with E-state index in [1.807, 2.05) is 18.2 Å². The monoisotopic (exact) mass is 372 g/mol. The Bertz CT molecular complexity index is 897. The number of carbonyl (C=O) groups is 1. The number of amides is 1. The Balaban J connectivity index is 2.01. The van der Waals surface area contributed by atoms with Crippen molar-refractivity contribution in [2.45, 2.75) is 0 Å². The molecule has 0 unspecified atom stereocenters. The summed E-state index contributed by atoms with van der Waals surface area (Å²) in [6.45, 7) is 0. The molecule has 6 nitrogen and oxygen atoms in total. The number of anilines is 1. The standard InChI is InChI=1S/C17H12N2O4S2/c1-23-15-11(6-5-9-13(15)19(21)22)10-14-16(20)18(17(24)25-14)12-7-3-2-4-8-12/h2-10H,1H3. The van der Waals surface area contributed by atoms with E-state index in [2.05, 4.69) is 0 Å². The number of nitro groups is 1. The first-order chi connectivity index (χ1) is 12.0. The van der Waals surface area contributed by atoms with Crippen molar-refractivity contribution in [1.29, 1.82) is 0 Å². The smallest absolute Gasteiger partial charge is 0.311 e. The number of methoxy groups -OCH3 is 1. The Kier molecular flexibility index (Phi) is 4.82. The molecular weight excluding hydrogens is 360 g/mol. The van der Waals surface area contributed by atoms with Crippen LogP contribution in [-0.2, 0) is 4.79 Å². The topological polar surface area (TPSA) is 72.7 Å². The quantitative estimate of drug-likeness (QED) is 0.349. The molecule has 3 rings (SSSR count). The minimum Gasteiger partial charge on any atom is -0.490 e. The summed E-state index contributed by atoms with van der Waals surface area (Å²) in [5.41, 5.74) is 0.972. The zero-order chi connectivity index (χ0) is 18.0. The van der Waals surface area contributed by atoms with Gasteiger partial charge in [-0.3, -0.25) is 19.8 Å². The molecule has 0 aliphatic carbocycles. The lowest BCUT2D eigenvalue weighted by Gasteiger charge is -2.13. The van der Waals surface area contributed by atoms with Crippen LogP contribution in [0.5, 0.6) is 5.75 Å². The summed E-state index contributed by atoms with van der Waals surface area (Å²) < 4.78 is 5.58. The number of ether oxygens (including phenoxy) is 1. The molecule has 1 fully saturated rings. The first kappa shape index (κ1) is 17.1. The van der Waals surface area contributed by atoms with Crippen molar-refractivity contribution in [3.05, 3.63) is 69.1 Å². The van der Waals surface area contributed by atoms with E-state index in [0.717, 1.165) is 11.8 Å². The van der Waals surface area contributed by atoms with Crippen LogP contribution in [0.2, 0.25) is 0 Å². The average Bonchev–Trinajstić information content (AvgIpc) is 2.89. The van der Waals surface area contributed by atoms with Crippen LogP contribution in [0.1, 0.15) is 5.56 Å². The summed E-state index contributed by atoms with van der Waals surface area (Å²) in [5, 5.41) is 11.1. The van der Waals surface area contributed by atoms with E-state index >= 15 is 0 Å². The lowest BCUT2D eigenvalue weighted by Crippen LogP contribution is -2.27. The van der Waals surface area contributed by atoms with Crippen LogP contribution >= 0.6 is 24.0 Å². The van der Waals surface area contributed by atoms with Gasteiger partial charge in [0.05, 0.1) is 22.6 Å². The first-order valence-electron chi connectivity index (χ1n) is 7.17. The summed E-state index contributed by atoms with van der Waals surface area (Å²) in [6.07, 6.45) is 1.56. The molecule has 0 spiro atoms. The van der Waals surface area contributed by atoms with Gasteiger partial charge in [-0.2, -0.15) is 0 Å². The molecule has 0 radical (unpaired) electrons. The highest BCUT2D eigenvalue weighted by molar-refractivity contribution is 8.27. The fourth-order valence-corrected chi connectivity index (χ4v) is 3.72. The number of nitro benzene ring substituents is 1. The summed E-state index contributed by atoms with van der Waals surface area (Å²) >= 11 is 6.46. The normalized spacial score (nSPS) is 15.7. The van der Waals surface area contributed by atoms with Crippen molar-refractivity contribution in [2.75, 3.05) is 12.0 Å². The number of thiocarbonyl (C=S) groups is 1. The number of benzene rings is 2. The molecule has 0 atom stereocenters. The zero-order valence-corrected chi connectivity index (χ0v) is 14.7. The summed E-state index contributed by atoms with van der Waals surface area (Å²) in [5.74, 6) is -0.160. The van der Waals surface area contributed by atoms with Gasteiger partial charge in [-0.05, 0) is 18.2 Å². The molecular formula is C17H12N2O4S2. The Morgan fingerprint density at radius 1 is 1.20 bits per heavy atom. The minimum absolute atomic E-state index is 0.109. The van der Waals surface area contributed by atoms with E-state index in [-0.39, 0.29) is 17.3 Å². The van der Waals surface area contributed by atoms with Crippen molar-refractivity contribution in [3.63, 3.8) is 0 Å². The van der Waals surface area contributed by atoms with Gasteiger partial charge in [0.15, 0.2) is 4.32 Å². The number of carbonyl (C=O) groups excluding carboxylic acids is 1. The van der Waals surface area contributed by atoms with Crippen molar-refractivity contribution >= 4 is 51.7 Å². The van der Waals surface area contributed by atoms with Gasteiger partial charge in [0.2, 0.25) is 5.75 Å². The summed E-state index contributed by atoms with van der Waals surface area (Å²) in [4.78, 5) is 25.1. The molecule has 1 heterocycles. The third-order valence-corrected chi connectivity index (χ3v) is 4.82. The van der Waals surface area contributed by atoms with E-state index in [4.69, 9.17) is 17.0 Å². The summed E-state index contributed by atoms with van der Waals surface area (Å²) in [7, 11) is 1.36. The van der Waals surface area contributed by atoms with Crippen LogP contribution in [0.15, 0.2) is 53.4 Å². The molecule has 25 heavy (non-hydrogen) atoms. The Morgan fingerprint density at radius 2 is 1.92 bits per heavy atom. The third-order valence-electron chi connectivity index (χ3n) is 3.52. The van der Waals surface area contributed by atoms with E-state index in [0.29, 0.717) is 20.5 Å². The van der Waals surface area contributed by atoms with Crippen LogP contribution in [-0.4, -0.2) is 22.3 Å². The molecule has 1 aliphatic rings. The first-order valence-corrected chi connectivity index (χ1v) is 8.40. The van der Waals surface area contributed by atoms with Crippen molar-refractivity contribution in [1.82, 2.24) is 0 Å². The molecule has 0 N–H and O–H groups in total. The molecule has 1 aliphatic heterocycles. The predicted molar refractivity (Wildman–Crippen MR) is 102 cm³/mol. The maximum Gasteiger partial charge on any atom is 0.311 e. The SMILES string of the molecule is COc1c(C=C2SC(=S)N(c3ccccc3)C2=O)cccc1[N+](=O)[O-]. The van der Waals surface area contributed by atoms with Crippen LogP contribution in [0, 0.1) is 10.1 Å². The molecule has 126 valence electrons. The molecule has 2 aromatic rings. The zero-order valence-electron chi connectivity index (χ0n) is 13.0. The number of para-hydroxylation sites is 2. The molecule has 0 aromatic heterocycles. The second kappa shape index (κ2) is 7.04. The van der Waals surface area contributed by atoms with Crippen LogP contribution < -0.4 is 9.64 Å². The molecule has 0 bridgehead atoms. The fourth-order valence-electron chi connectivity index (χ4n) is 2.43. The molecule has 1 amide bonds. The molecule has 2 aromatic carbocycles. The van der Waals surface area contributed by atoms with Gasteiger partial charge in [-0.25, -0.2) is 0 Å². The second-order valence-corrected chi connectivity index (χ2v) is 6.69. The summed E-state index contributed by atoms with van der Waals surface area (Å²) in [6, 6.07) is 13.6. The minimum atomic E-state index is -0.522. The number of rotatable bonds is 4. The van der Waals surface area contributed by atoms with Crippen LogP contribution in [0.3, 0.4) is 0 Å². The highest BCUT2D eigenvalue weighted by Crippen LogP contribution is 2.38. The lowest BCUT2D eigenvalue weighted by atomic mass is 10.1. The van der Waals surface area contributed by atoms with Crippen LogP contribution in [0.25, 0.3) is 6.08 Å². The van der Waals surface area contributed by atoms with E-state index in [1.165, 1.54) is 18.1 Å². The van der Waals surface area contributed by atoms with Gasteiger partial charge in [0.25, 0.3) is 5.91 Å². The largest absolute Gasteiger partial charge is 0.490 e. The Morgan fingerprint density at radius 3 is 2.56 bits per heavy atom. The third kappa shape index (κ3) is 3.26. The molecule has 1 saturated heterocycles. The van der Waals surface area contributed by atoms with Gasteiger partial charge in [0.1, 0.15) is 0 Å².